The molecular formula is C29H29BrClF2N3O4. The summed E-state index contributed by atoms with van der Waals surface area (Å²) in [5, 5.41) is 16.5. The highest BCUT2D eigenvalue weighted by Gasteiger charge is 2.33. The van der Waals surface area contributed by atoms with Crippen LogP contribution < -0.4 is 15.4 Å². The maximum absolute atomic E-state index is 13.7. The standard InChI is InChI=1S/C29H29BrClF2N3O4/c30-21-6-9-25(40-17-19-4-7-22(31)8-5-19)20(14-21)16-36-12-10-29(39,11-13-36)18-35-26(37)15-34-28(38)27-23(32)2-1-3-24(27)33/h1-9,14,39H,10-13,15-18H2,(H,34,38)(H,35,37). The van der Waals surface area contributed by atoms with Crippen molar-refractivity contribution in [2.75, 3.05) is 26.2 Å². The molecule has 0 aliphatic carbocycles. The van der Waals surface area contributed by atoms with Gasteiger partial charge in [0.1, 0.15) is 29.6 Å². The topological polar surface area (TPSA) is 90.9 Å². The van der Waals surface area contributed by atoms with Crippen molar-refractivity contribution in [3.8, 4) is 5.75 Å². The molecule has 40 heavy (non-hydrogen) atoms. The summed E-state index contributed by atoms with van der Waals surface area (Å²) in [5.41, 5.74) is 0.149. The number of carbonyl (C=O) groups is 2. The summed E-state index contributed by atoms with van der Waals surface area (Å²) in [6.07, 6.45) is 0.851. The first kappa shape index (κ1) is 29.9. The predicted molar refractivity (Wildman–Crippen MR) is 151 cm³/mol. The minimum absolute atomic E-state index is 0.00403. The Morgan fingerprint density at radius 1 is 1.02 bits per heavy atom. The Labute approximate surface area is 244 Å². The smallest absolute Gasteiger partial charge is 0.257 e. The fraction of sp³-hybridized carbons (Fsp3) is 0.310. The van der Waals surface area contributed by atoms with Crippen molar-refractivity contribution in [1.82, 2.24) is 15.5 Å². The average Bonchev–Trinajstić information content (AvgIpc) is 2.92. The molecule has 3 aromatic rings. The number of nitrogens with one attached hydrogen (secondary N) is 2. The number of benzene rings is 3. The number of piperidine rings is 1. The van der Waals surface area contributed by atoms with Gasteiger partial charge in [-0.2, -0.15) is 0 Å². The van der Waals surface area contributed by atoms with Crippen LogP contribution in [0.5, 0.6) is 5.75 Å². The number of ether oxygens (including phenoxy) is 1. The highest BCUT2D eigenvalue weighted by atomic mass is 79.9. The first-order valence-electron chi connectivity index (χ1n) is 12.7. The van der Waals surface area contributed by atoms with Crippen molar-refractivity contribution in [3.63, 3.8) is 0 Å². The van der Waals surface area contributed by atoms with Gasteiger partial charge in [-0.25, -0.2) is 8.78 Å². The SMILES string of the molecule is O=C(CNC(=O)c1c(F)cccc1F)NCC1(O)CCN(Cc2cc(Br)ccc2OCc2ccc(Cl)cc2)CC1. The normalized spacial score (nSPS) is 14.9. The molecule has 1 fully saturated rings. The summed E-state index contributed by atoms with van der Waals surface area (Å²) in [5.74, 6) is -2.85. The molecule has 212 valence electrons. The van der Waals surface area contributed by atoms with Crippen LogP contribution >= 0.6 is 27.5 Å². The van der Waals surface area contributed by atoms with Gasteiger partial charge in [0, 0.05) is 41.2 Å². The summed E-state index contributed by atoms with van der Waals surface area (Å²) < 4.78 is 34.5. The molecule has 0 saturated carbocycles. The van der Waals surface area contributed by atoms with Crippen molar-refractivity contribution in [2.45, 2.75) is 31.6 Å². The van der Waals surface area contributed by atoms with E-state index in [1.807, 2.05) is 42.5 Å². The van der Waals surface area contributed by atoms with E-state index in [2.05, 4.69) is 31.5 Å². The monoisotopic (exact) mass is 635 g/mol. The molecule has 4 rings (SSSR count). The number of likely N-dealkylation sites (tertiary alicyclic amines) is 1. The largest absolute Gasteiger partial charge is 0.489 e. The molecule has 3 N–H and O–H groups in total. The molecule has 0 unspecified atom stereocenters. The molecular weight excluding hydrogens is 608 g/mol. The van der Waals surface area contributed by atoms with Crippen LogP contribution in [0.1, 0.15) is 34.3 Å². The fourth-order valence-electron chi connectivity index (χ4n) is 4.39. The lowest BCUT2D eigenvalue weighted by Crippen LogP contribution is -2.51. The maximum atomic E-state index is 13.7. The lowest BCUT2D eigenvalue weighted by atomic mass is 9.91. The quantitative estimate of drug-likeness (QED) is 0.297. The van der Waals surface area contributed by atoms with Crippen LogP contribution in [0, 0.1) is 11.6 Å². The number of carbonyl (C=O) groups excluding carboxylic acids is 2. The van der Waals surface area contributed by atoms with Gasteiger partial charge in [0.25, 0.3) is 5.91 Å². The van der Waals surface area contributed by atoms with Crippen LogP contribution in [0.15, 0.2) is 65.1 Å². The lowest BCUT2D eigenvalue weighted by Gasteiger charge is -2.38. The van der Waals surface area contributed by atoms with Gasteiger partial charge in [0.2, 0.25) is 5.91 Å². The molecule has 0 atom stereocenters. The highest BCUT2D eigenvalue weighted by Crippen LogP contribution is 2.29. The van der Waals surface area contributed by atoms with E-state index in [4.69, 9.17) is 16.3 Å². The Morgan fingerprint density at radius 2 is 1.70 bits per heavy atom. The summed E-state index contributed by atoms with van der Waals surface area (Å²) in [7, 11) is 0. The minimum Gasteiger partial charge on any atom is -0.489 e. The second kappa shape index (κ2) is 13.5. The van der Waals surface area contributed by atoms with Gasteiger partial charge in [0.15, 0.2) is 0 Å². The molecule has 1 saturated heterocycles. The van der Waals surface area contributed by atoms with Gasteiger partial charge < -0.3 is 20.5 Å². The van der Waals surface area contributed by atoms with Crippen molar-refractivity contribution in [1.29, 1.82) is 0 Å². The van der Waals surface area contributed by atoms with Crippen LogP contribution in [0.4, 0.5) is 8.78 Å². The number of rotatable bonds is 10. The summed E-state index contributed by atoms with van der Waals surface area (Å²) in [6, 6.07) is 16.4. The van der Waals surface area contributed by atoms with Crippen molar-refractivity contribution in [3.05, 3.63) is 98.5 Å². The third-order valence-electron chi connectivity index (χ3n) is 6.72. The molecule has 0 radical (unpaired) electrons. The summed E-state index contributed by atoms with van der Waals surface area (Å²) in [6.45, 7) is 1.74. The highest BCUT2D eigenvalue weighted by molar-refractivity contribution is 9.10. The van der Waals surface area contributed by atoms with E-state index >= 15 is 0 Å². The molecule has 2 amide bonds. The average molecular weight is 637 g/mol. The van der Waals surface area contributed by atoms with Gasteiger partial charge >= 0.3 is 0 Å². The number of hydrogen-bond donors (Lipinski definition) is 3. The fourth-order valence-corrected chi connectivity index (χ4v) is 4.92. The first-order chi connectivity index (χ1) is 19.1. The molecule has 1 aliphatic rings. The van der Waals surface area contributed by atoms with Crippen molar-refractivity contribution < 1.29 is 28.2 Å². The number of hydrogen-bond acceptors (Lipinski definition) is 5. The molecule has 1 heterocycles. The molecule has 1 aliphatic heterocycles. The number of halogens is 4. The van der Waals surface area contributed by atoms with Gasteiger partial charge in [-0.15, -0.1) is 0 Å². The number of aliphatic hydroxyl groups is 1. The maximum Gasteiger partial charge on any atom is 0.257 e. The molecule has 0 spiro atoms. The van der Waals surface area contributed by atoms with E-state index in [9.17, 15) is 23.5 Å². The predicted octanol–water partition coefficient (Wildman–Crippen LogP) is 4.83. The van der Waals surface area contributed by atoms with Crippen molar-refractivity contribution >= 4 is 39.3 Å². The Bertz CT molecular complexity index is 1330. The Morgan fingerprint density at radius 3 is 2.38 bits per heavy atom. The third-order valence-corrected chi connectivity index (χ3v) is 7.47. The van der Waals surface area contributed by atoms with Gasteiger partial charge in [-0.1, -0.05) is 45.7 Å². The second-order valence-electron chi connectivity index (χ2n) is 9.72. The zero-order valence-electron chi connectivity index (χ0n) is 21.6. The van der Waals surface area contributed by atoms with Gasteiger partial charge in [-0.05, 0) is 60.9 Å². The molecule has 0 bridgehead atoms. The number of nitrogens with zero attached hydrogens (tertiary/aromatic N) is 1. The minimum atomic E-state index is -1.11. The van der Waals surface area contributed by atoms with Crippen LogP contribution in [0.2, 0.25) is 5.02 Å². The molecule has 7 nitrogen and oxygen atoms in total. The molecule has 0 aromatic heterocycles. The first-order valence-corrected chi connectivity index (χ1v) is 13.9. The van der Waals surface area contributed by atoms with E-state index in [-0.39, 0.29) is 6.54 Å². The third kappa shape index (κ3) is 8.23. The molecule has 11 heteroatoms. The van der Waals surface area contributed by atoms with Crippen molar-refractivity contribution in [2.24, 2.45) is 0 Å². The van der Waals surface area contributed by atoms with Gasteiger partial charge in [0.05, 0.1) is 12.1 Å². The summed E-state index contributed by atoms with van der Waals surface area (Å²) >= 11 is 9.49. The van der Waals surface area contributed by atoms with E-state index in [1.54, 1.807) is 0 Å². The summed E-state index contributed by atoms with van der Waals surface area (Å²) in [4.78, 5) is 26.5. The lowest BCUT2D eigenvalue weighted by molar-refractivity contribution is -0.122. The van der Waals surface area contributed by atoms with Crippen LogP contribution in [-0.2, 0) is 17.9 Å². The second-order valence-corrected chi connectivity index (χ2v) is 11.1. The van der Waals surface area contributed by atoms with Crippen LogP contribution in [0.25, 0.3) is 0 Å². The Balaban J connectivity index is 1.24. The van der Waals surface area contributed by atoms with Crippen LogP contribution in [0.3, 0.4) is 0 Å². The van der Waals surface area contributed by atoms with E-state index in [0.29, 0.717) is 44.1 Å². The Hall–Kier alpha value is -3.05. The zero-order valence-corrected chi connectivity index (χ0v) is 23.9. The van der Waals surface area contributed by atoms with Crippen LogP contribution in [-0.4, -0.2) is 53.6 Å². The van der Waals surface area contributed by atoms with Gasteiger partial charge in [-0.3, -0.25) is 14.5 Å². The van der Waals surface area contributed by atoms with E-state index in [0.717, 1.165) is 39.5 Å². The Kier molecular flexibility index (Phi) is 10.1. The zero-order chi connectivity index (χ0) is 28.7. The van der Waals surface area contributed by atoms with E-state index < -0.39 is 41.2 Å². The number of amides is 2. The molecule has 3 aromatic carbocycles. The van der Waals surface area contributed by atoms with E-state index in [1.165, 1.54) is 0 Å².